The van der Waals surface area contributed by atoms with Crippen LogP contribution in [0.15, 0.2) is 56.1 Å². The molecule has 0 bridgehead atoms. The van der Waals surface area contributed by atoms with Crippen LogP contribution in [0.1, 0.15) is 21.9 Å². The molecule has 7 heteroatoms. The van der Waals surface area contributed by atoms with Crippen molar-refractivity contribution in [2.24, 2.45) is 0 Å². The van der Waals surface area contributed by atoms with Crippen LogP contribution in [0.3, 0.4) is 0 Å². The van der Waals surface area contributed by atoms with E-state index in [1.54, 1.807) is 25.3 Å². The predicted octanol–water partition coefficient (Wildman–Crippen LogP) is 4.22. The number of fused-ring (bicyclic) bond motifs is 3. The van der Waals surface area contributed by atoms with Gasteiger partial charge in [-0.1, -0.05) is 0 Å². The second-order valence-electron chi connectivity index (χ2n) is 6.41. The number of carbonyl (C=O) groups is 1. The molecule has 29 heavy (non-hydrogen) atoms. The summed E-state index contributed by atoms with van der Waals surface area (Å²) in [5.41, 5.74) is 0.706. The minimum absolute atomic E-state index is 0.106. The van der Waals surface area contributed by atoms with E-state index in [0.29, 0.717) is 33.8 Å². The molecule has 0 N–H and O–H groups in total. The topological polar surface area (TPSA) is 88.1 Å². The first-order valence-electron chi connectivity index (χ1n) is 8.86. The molecule has 0 radical (unpaired) electrons. The molecule has 0 aliphatic carbocycles. The average Bonchev–Trinajstić information content (AvgIpc) is 3.22. The Morgan fingerprint density at radius 1 is 0.966 bits per heavy atom. The second kappa shape index (κ2) is 7.35. The van der Waals surface area contributed by atoms with Crippen molar-refractivity contribution in [1.29, 1.82) is 0 Å². The van der Waals surface area contributed by atoms with Crippen LogP contribution >= 0.6 is 0 Å². The molecule has 2 aromatic heterocycles. The van der Waals surface area contributed by atoms with E-state index in [0.717, 1.165) is 10.8 Å². The van der Waals surface area contributed by atoms with Crippen molar-refractivity contribution in [3.63, 3.8) is 0 Å². The molecule has 0 aliphatic rings. The SMILES string of the molecule is COC(=O)c1ccc(COc2ccc3c(oc(=O)c4cc(OC)ccc43)c2C)o1. The van der Waals surface area contributed by atoms with Gasteiger partial charge in [0.1, 0.15) is 29.4 Å². The lowest BCUT2D eigenvalue weighted by atomic mass is 10.0. The third-order valence-electron chi connectivity index (χ3n) is 4.71. The van der Waals surface area contributed by atoms with Crippen LogP contribution in [0.2, 0.25) is 0 Å². The number of carbonyl (C=O) groups excluding carboxylic acids is 1. The van der Waals surface area contributed by atoms with Gasteiger partial charge in [-0.3, -0.25) is 0 Å². The van der Waals surface area contributed by atoms with Gasteiger partial charge in [-0.2, -0.15) is 0 Å². The van der Waals surface area contributed by atoms with Crippen molar-refractivity contribution in [1.82, 2.24) is 0 Å². The summed E-state index contributed by atoms with van der Waals surface area (Å²) in [6.07, 6.45) is 0. The minimum atomic E-state index is -0.552. The van der Waals surface area contributed by atoms with Crippen molar-refractivity contribution in [2.45, 2.75) is 13.5 Å². The van der Waals surface area contributed by atoms with E-state index in [9.17, 15) is 9.59 Å². The number of esters is 1. The van der Waals surface area contributed by atoms with Crippen LogP contribution in [0.4, 0.5) is 0 Å². The van der Waals surface area contributed by atoms with Crippen LogP contribution in [-0.4, -0.2) is 20.2 Å². The van der Waals surface area contributed by atoms with Crippen molar-refractivity contribution in [3.8, 4) is 11.5 Å². The first-order chi connectivity index (χ1) is 14.0. The molecular formula is C22H18O7. The fourth-order valence-electron chi connectivity index (χ4n) is 3.19. The van der Waals surface area contributed by atoms with Gasteiger partial charge in [0.2, 0.25) is 5.76 Å². The highest BCUT2D eigenvalue weighted by Gasteiger charge is 2.15. The zero-order valence-corrected chi connectivity index (χ0v) is 16.1. The van der Waals surface area contributed by atoms with Crippen LogP contribution in [-0.2, 0) is 11.3 Å². The standard InChI is InChI=1S/C22H18O7/c1-12-18(27-11-14-5-8-19(28-14)22(24)26-3)9-7-16-15-6-4-13(25-2)10-17(15)21(23)29-20(12)16/h4-10H,11H2,1-3H3. The molecule has 4 aromatic rings. The van der Waals surface area contributed by atoms with E-state index >= 15 is 0 Å². The quantitative estimate of drug-likeness (QED) is 0.284. The summed E-state index contributed by atoms with van der Waals surface area (Å²) < 4.78 is 26.6. The molecule has 148 valence electrons. The molecule has 4 rings (SSSR count). The van der Waals surface area contributed by atoms with Crippen LogP contribution in [0, 0.1) is 6.92 Å². The Hall–Kier alpha value is -3.74. The van der Waals surface area contributed by atoms with Gasteiger partial charge in [0.05, 0.1) is 19.6 Å². The lowest BCUT2D eigenvalue weighted by Gasteiger charge is -2.11. The van der Waals surface area contributed by atoms with Crippen molar-refractivity contribution < 1.29 is 27.8 Å². The highest BCUT2D eigenvalue weighted by atomic mass is 16.5. The summed E-state index contributed by atoms with van der Waals surface area (Å²) in [5.74, 6) is 1.16. The molecule has 0 saturated carbocycles. The number of ether oxygens (including phenoxy) is 3. The number of furan rings is 1. The average molecular weight is 394 g/mol. The Kier molecular flexibility index (Phi) is 4.72. The highest BCUT2D eigenvalue weighted by Crippen LogP contribution is 2.32. The Morgan fingerprint density at radius 2 is 1.76 bits per heavy atom. The third-order valence-corrected chi connectivity index (χ3v) is 4.71. The van der Waals surface area contributed by atoms with Gasteiger partial charge in [-0.25, -0.2) is 9.59 Å². The third kappa shape index (κ3) is 3.31. The molecule has 2 heterocycles. The second-order valence-corrected chi connectivity index (χ2v) is 6.41. The summed E-state index contributed by atoms with van der Waals surface area (Å²) >= 11 is 0. The minimum Gasteiger partial charge on any atom is -0.497 e. The molecule has 2 aromatic carbocycles. The van der Waals surface area contributed by atoms with Gasteiger partial charge < -0.3 is 23.0 Å². The van der Waals surface area contributed by atoms with E-state index in [-0.39, 0.29) is 12.4 Å². The predicted molar refractivity (Wildman–Crippen MR) is 106 cm³/mol. The maximum absolute atomic E-state index is 12.5. The lowest BCUT2D eigenvalue weighted by molar-refractivity contribution is 0.0561. The number of methoxy groups -OCH3 is 2. The van der Waals surface area contributed by atoms with Gasteiger partial charge in [0, 0.05) is 16.3 Å². The van der Waals surface area contributed by atoms with E-state index in [1.807, 2.05) is 25.1 Å². The van der Waals surface area contributed by atoms with Gasteiger partial charge >= 0.3 is 11.6 Å². The molecule has 0 amide bonds. The maximum atomic E-state index is 12.5. The van der Waals surface area contributed by atoms with Crippen molar-refractivity contribution in [2.75, 3.05) is 14.2 Å². The molecule has 0 fully saturated rings. The summed E-state index contributed by atoms with van der Waals surface area (Å²) in [4.78, 5) is 24.0. The van der Waals surface area contributed by atoms with E-state index < -0.39 is 11.6 Å². The van der Waals surface area contributed by atoms with Gasteiger partial charge in [-0.05, 0) is 49.4 Å². The molecule has 7 nitrogen and oxygen atoms in total. The Morgan fingerprint density at radius 3 is 2.52 bits per heavy atom. The molecule has 0 atom stereocenters. The van der Waals surface area contributed by atoms with Gasteiger partial charge in [-0.15, -0.1) is 0 Å². The summed E-state index contributed by atoms with van der Waals surface area (Å²) in [6, 6.07) is 12.1. The van der Waals surface area contributed by atoms with Crippen molar-refractivity contribution in [3.05, 3.63) is 70.0 Å². The smallest absolute Gasteiger partial charge is 0.373 e. The van der Waals surface area contributed by atoms with Gasteiger partial charge in [0.25, 0.3) is 0 Å². The zero-order valence-electron chi connectivity index (χ0n) is 16.1. The Bertz CT molecular complexity index is 1280. The number of benzene rings is 2. The summed E-state index contributed by atoms with van der Waals surface area (Å²) in [6.45, 7) is 1.93. The summed E-state index contributed by atoms with van der Waals surface area (Å²) in [5, 5.41) is 2.04. The number of hydrogen-bond donors (Lipinski definition) is 0. The maximum Gasteiger partial charge on any atom is 0.373 e. The number of rotatable bonds is 5. The molecule has 0 aliphatic heterocycles. The molecular weight excluding hydrogens is 376 g/mol. The number of hydrogen-bond acceptors (Lipinski definition) is 7. The van der Waals surface area contributed by atoms with Crippen LogP contribution < -0.4 is 15.1 Å². The largest absolute Gasteiger partial charge is 0.497 e. The molecule has 0 unspecified atom stereocenters. The van der Waals surface area contributed by atoms with Crippen LogP contribution in [0.5, 0.6) is 11.5 Å². The normalized spacial score (nSPS) is 11.0. The summed E-state index contributed by atoms with van der Waals surface area (Å²) in [7, 11) is 2.83. The number of aryl methyl sites for hydroxylation is 1. The first kappa shape index (κ1) is 18.6. The van der Waals surface area contributed by atoms with E-state index in [4.69, 9.17) is 18.3 Å². The fourth-order valence-corrected chi connectivity index (χ4v) is 3.19. The highest BCUT2D eigenvalue weighted by molar-refractivity contribution is 6.06. The Labute approximate surface area is 165 Å². The molecule has 0 saturated heterocycles. The lowest BCUT2D eigenvalue weighted by Crippen LogP contribution is -2.02. The monoisotopic (exact) mass is 394 g/mol. The molecule has 0 spiro atoms. The first-order valence-corrected chi connectivity index (χ1v) is 8.86. The Balaban J connectivity index is 1.69. The van der Waals surface area contributed by atoms with E-state index in [2.05, 4.69) is 4.74 Å². The van der Waals surface area contributed by atoms with Crippen molar-refractivity contribution >= 4 is 27.7 Å². The van der Waals surface area contributed by atoms with Crippen LogP contribution in [0.25, 0.3) is 21.7 Å². The van der Waals surface area contributed by atoms with E-state index in [1.165, 1.54) is 13.2 Å². The van der Waals surface area contributed by atoms with Gasteiger partial charge in [0.15, 0.2) is 0 Å². The fraction of sp³-hybridized carbons (Fsp3) is 0.182. The zero-order chi connectivity index (χ0) is 20.5.